The zero-order valence-electron chi connectivity index (χ0n) is 22.8. The van der Waals surface area contributed by atoms with E-state index < -0.39 is 0 Å². The molecule has 3 aromatic carbocycles. The maximum absolute atomic E-state index is 11.6. The molecule has 198 valence electrons. The number of aryl methyl sites for hydroxylation is 1. The van der Waals surface area contributed by atoms with E-state index in [-0.39, 0.29) is 5.91 Å². The molecule has 0 aliphatic rings. The van der Waals surface area contributed by atoms with Gasteiger partial charge in [0.1, 0.15) is 12.4 Å². The Morgan fingerprint density at radius 2 is 1.76 bits per heavy atom. The molecule has 0 heterocycles. The number of amides is 1. The highest BCUT2D eigenvalue weighted by Gasteiger charge is 2.15. The van der Waals surface area contributed by atoms with Crippen LogP contribution in [0.25, 0.3) is 11.1 Å². The molecule has 0 bridgehead atoms. The van der Waals surface area contributed by atoms with Crippen LogP contribution in [0.15, 0.2) is 78.9 Å². The van der Waals surface area contributed by atoms with Crippen molar-refractivity contribution in [2.45, 2.75) is 20.3 Å². The number of nitrogens with zero attached hydrogens (tertiary/aromatic N) is 1. The highest BCUT2D eigenvalue weighted by atomic mass is 16.5. The lowest BCUT2D eigenvalue weighted by Gasteiger charge is -2.19. The second kappa shape index (κ2) is 14.0. The summed E-state index contributed by atoms with van der Waals surface area (Å²) in [5, 5.41) is 11.0. The summed E-state index contributed by atoms with van der Waals surface area (Å²) in [5.41, 5.74) is 14.3. The molecule has 3 aromatic rings. The van der Waals surface area contributed by atoms with Gasteiger partial charge < -0.3 is 26.1 Å². The number of hydrogen-bond acceptors (Lipinski definition) is 5. The van der Waals surface area contributed by atoms with Gasteiger partial charge in [-0.2, -0.15) is 0 Å². The van der Waals surface area contributed by atoms with Gasteiger partial charge in [-0.15, -0.1) is 0 Å². The standard InChI is InChI=1S/C32H38N4O2/c1-5-28(29-10-7-6-9-23(29)2)32(25-14-17-30(34)26(21-25)22-33)24-12-15-27(16-13-24)38-20-19-35-18-8-11-31(37)36(3)4/h6-17,21-22,33,35H,5,18-20,34H2,1-4H3/b11-8+,32-28+,33-22?. The van der Waals surface area contributed by atoms with Crippen molar-refractivity contribution in [3.63, 3.8) is 0 Å². The van der Waals surface area contributed by atoms with E-state index in [1.807, 2.05) is 36.4 Å². The summed E-state index contributed by atoms with van der Waals surface area (Å²) >= 11 is 0. The fourth-order valence-electron chi connectivity index (χ4n) is 4.24. The van der Waals surface area contributed by atoms with Gasteiger partial charge in [-0.1, -0.05) is 55.5 Å². The van der Waals surface area contributed by atoms with E-state index in [0.717, 1.165) is 28.9 Å². The number of nitrogens with two attached hydrogens (primary N) is 1. The van der Waals surface area contributed by atoms with Crippen LogP contribution in [-0.2, 0) is 4.79 Å². The Kier molecular flexibility index (Phi) is 10.4. The number of nitrogen functional groups attached to an aromatic ring is 1. The first-order valence-corrected chi connectivity index (χ1v) is 12.9. The van der Waals surface area contributed by atoms with E-state index >= 15 is 0 Å². The number of anilines is 1. The van der Waals surface area contributed by atoms with Gasteiger partial charge in [0.25, 0.3) is 0 Å². The summed E-state index contributed by atoms with van der Waals surface area (Å²) in [6.07, 6.45) is 5.52. The minimum absolute atomic E-state index is 0.0294. The van der Waals surface area contributed by atoms with Crippen molar-refractivity contribution < 1.29 is 9.53 Å². The fourth-order valence-corrected chi connectivity index (χ4v) is 4.24. The van der Waals surface area contributed by atoms with Gasteiger partial charge >= 0.3 is 0 Å². The summed E-state index contributed by atoms with van der Waals surface area (Å²) in [5.74, 6) is 0.762. The van der Waals surface area contributed by atoms with Gasteiger partial charge in [0.15, 0.2) is 0 Å². The molecule has 0 saturated carbocycles. The first-order valence-electron chi connectivity index (χ1n) is 12.9. The number of rotatable bonds is 12. The predicted octanol–water partition coefficient (Wildman–Crippen LogP) is 5.56. The fraction of sp³-hybridized carbons (Fsp3) is 0.250. The van der Waals surface area contributed by atoms with Crippen LogP contribution in [-0.4, -0.2) is 50.8 Å². The maximum atomic E-state index is 11.6. The van der Waals surface area contributed by atoms with Gasteiger partial charge in [-0.3, -0.25) is 4.79 Å². The molecule has 0 aromatic heterocycles. The summed E-state index contributed by atoms with van der Waals surface area (Å²) in [6.45, 7) is 6.09. The molecule has 38 heavy (non-hydrogen) atoms. The van der Waals surface area contributed by atoms with Crippen molar-refractivity contribution in [2.75, 3.05) is 39.5 Å². The van der Waals surface area contributed by atoms with Crippen LogP contribution in [0.1, 0.15) is 41.2 Å². The molecular formula is C32H38N4O2. The Bertz CT molecular complexity index is 1310. The Hall–Kier alpha value is -4.16. The minimum Gasteiger partial charge on any atom is -0.492 e. The molecule has 6 nitrogen and oxygen atoms in total. The summed E-state index contributed by atoms with van der Waals surface area (Å²) < 4.78 is 5.93. The van der Waals surface area contributed by atoms with Crippen LogP contribution in [0.4, 0.5) is 5.69 Å². The third kappa shape index (κ3) is 7.43. The molecule has 0 unspecified atom stereocenters. The van der Waals surface area contributed by atoms with Gasteiger partial charge in [0.05, 0.1) is 0 Å². The lowest BCUT2D eigenvalue weighted by molar-refractivity contribution is -0.123. The molecule has 1 amide bonds. The Morgan fingerprint density at radius 3 is 2.42 bits per heavy atom. The van der Waals surface area contributed by atoms with Crippen molar-refractivity contribution in [3.8, 4) is 5.75 Å². The average molecular weight is 511 g/mol. The molecule has 6 heteroatoms. The van der Waals surface area contributed by atoms with Crippen LogP contribution < -0.4 is 15.8 Å². The molecule has 0 aliphatic heterocycles. The monoisotopic (exact) mass is 510 g/mol. The van der Waals surface area contributed by atoms with E-state index in [1.54, 1.807) is 20.2 Å². The topological polar surface area (TPSA) is 91.4 Å². The SMILES string of the molecule is CC/C(=C(/c1ccc(OCCNC/C=C/C(=O)N(C)C)cc1)c1ccc(N)c(C=N)c1)c1ccccc1C. The highest BCUT2D eigenvalue weighted by Crippen LogP contribution is 2.37. The number of carbonyl (C=O) groups is 1. The molecule has 0 saturated heterocycles. The third-order valence-electron chi connectivity index (χ3n) is 6.31. The van der Waals surface area contributed by atoms with Crippen molar-refractivity contribution in [1.82, 2.24) is 10.2 Å². The number of hydrogen-bond donors (Lipinski definition) is 3. The molecule has 0 spiro atoms. The number of ether oxygens (including phenoxy) is 1. The molecule has 0 atom stereocenters. The minimum atomic E-state index is -0.0294. The van der Waals surface area contributed by atoms with Gasteiger partial charge in [0.2, 0.25) is 5.91 Å². The second-order valence-electron chi connectivity index (χ2n) is 9.22. The summed E-state index contributed by atoms with van der Waals surface area (Å²) in [6, 6.07) is 22.5. The zero-order valence-corrected chi connectivity index (χ0v) is 22.8. The van der Waals surface area contributed by atoms with E-state index in [4.69, 9.17) is 15.9 Å². The molecule has 3 rings (SSSR count). The molecule has 0 fully saturated rings. The van der Waals surface area contributed by atoms with E-state index in [2.05, 4.69) is 55.6 Å². The molecular weight excluding hydrogens is 472 g/mol. The lowest BCUT2D eigenvalue weighted by atomic mass is 9.86. The lowest BCUT2D eigenvalue weighted by Crippen LogP contribution is -2.22. The zero-order chi connectivity index (χ0) is 27.5. The Labute approximate surface area is 226 Å². The third-order valence-corrected chi connectivity index (χ3v) is 6.31. The van der Waals surface area contributed by atoms with E-state index in [9.17, 15) is 4.79 Å². The van der Waals surface area contributed by atoms with E-state index in [1.165, 1.54) is 27.8 Å². The average Bonchev–Trinajstić information content (AvgIpc) is 2.92. The van der Waals surface area contributed by atoms with Crippen LogP contribution >= 0.6 is 0 Å². The van der Waals surface area contributed by atoms with Gasteiger partial charge in [-0.05, 0) is 71.0 Å². The first-order chi connectivity index (χ1) is 18.3. The van der Waals surface area contributed by atoms with Crippen molar-refractivity contribution >= 4 is 29.0 Å². The predicted molar refractivity (Wildman–Crippen MR) is 159 cm³/mol. The van der Waals surface area contributed by atoms with Crippen LogP contribution in [0.2, 0.25) is 0 Å². The van der Waals surface area contributed by atoms with Gasteiger partial charge in [-0.25, -0.2) is 0 Å². The van der Waals surface area contributed by atoms with Gasteiger partial charge in [0, 0.05) is 50.7 Å². The molecule has 0 radical (unpaired) electrons. The molecule has 4 N–H and O–H groups in total. The number of carbonyl (C=O) groups excluding carboxylic acids is 1. The number of benzene rings is 3. The quantitative estimate of drug-likeness (QED) is 0.0979. The van der Waals surface area contributed by atoms with Crippen LogP contribution in [0.3, 0.4) is 0 Å². The van der Waals surface area contributed by atoms with E-state index in [0.29, 0.717) is 30.9 Å². The Morgan fingerprint density at radius 1 is 1.05 bits per heavy atom. The second-order valence-corrected chi connectivity index (χ2v) is 9.22. The maximum Gasteiger partial charge on any atom is 0.245 e. The van der Waals surface area contributed by atoms with Crippen LogP contribution in [0, 0.1) is 12.3 Å². The van der Waals surface area contributed by atoms with Crippen LogP contribution in [0.5, 0.6) is 5.75 Å². The smallest absolute Gasteiger partial charge is 0.245 e. The number of nitrogens with one attached hydrogen (secondary N) is 2. The largest absolute Gasteiger partial charge is 0.492 e. The Balaban J connectivity index is 1.82. The summed E-state index contributed by atoms with van der Waals surface area (Å²) in [4.78, 5) is 13.1. The summed E-state index contributed by atoms with van der Waals surface area (Å²) in [7, 11) is 3.46. The van der Waals surface area contributed by atoms with Crippen molar-refractivity contribution in [2.24, 2.45) is 0 Å². The van der Waals surface area contributed by atoms with Crippen molar-refractivity contribution in [3.05, 3.63) is 107 Å². The normalized spacial score (nSPS) is 11.8. The van der Waals surface area contributed by atoms with Crippen molar-refractivity contribution in [1.29, 1.82) is 5.41 Å². The first kappa shape index (κ1) is 28.4. The number of likely N-dealkylation sites (N-methyl/N-ethyl adjacent to an activating group) is 1. The molecule has 0 aliphatic carbocycles. The highest BCUT2D eigenvalue weighted by molar-refractivity contribution is 6.00. The number of allylic oxidation sites excluding steroid dienone is 1.